The highest BCUT2D eigenvalue weighted by molar-refractivity contribution is 7.89. The van der Waals surface area contributed by atoms with Gasteiger partial charge in [0.1, 0.15) is 22.3 Å². The molecule has 162 valence electrons. The normalized spacial score (nSPS) is 15.1. The second-order valence-electron chi connectivity index (χ2n) is 7.09. The van der Waals surface area contributed by atoms with Crippen LogP contribution in [0.5, 0.6) is 0 Å². The number of aryl methyl sites for hydroxylation is 1. The molecule has 11 heteroatoms. The lowest BCUT2D eigenvalue weighted by atomic mass is 10.3. The molecule has 1 N–H and O–H groups in total. The van der Waals surface area contributed by atoms with Crippen LogP contribution in [0.25, 0.3) is 0 Å². The summed E-state index contributed by atoms with van der Waals surface area (Å²) in [5, 5.41) is 11.4. The zero-order valence-corrected chi connectivity index (χ0v) is 17.5. The lowest BCUT2D eigenvalue weighted by molar-refractivity contribution is 0.380. The maximum atomic E-state index is 14.0. The van der Waals surface area contributed by atoms with E-state index in [2.05, 4.69) is 20.5 Å². The van der Waals surface area contributed by atoms with Crippen LogP contribution in [-0.2, 0) is 10.0 Å². The second-order valence-corrected chi connectivity index (χ2v) is 8.99. The molecule has 0 aliphatic carbocycles. The molecule has 0 unspecified atom stereocenters. The molecule has 2 aromatic heterocycles. The van der Waals surface area contributed by atoms with Crippen molar-refractivity contribution in [3.63, 3.8) is 0 Å². The minimum Gasteiger partial charge on any atom is -0.352 e. The van der Waals surface area contributed by atoms with Crippen molar-refractivity contribution >= 4 is 27.5 Å². The number of pyridine rings is 1. The molecule has 3 aromatic rings. The van der Waals surface area contributed by atoms with Crippen LogP contribution in [0.2, 0.25) is 0 Å². The smallest absolute Gasteiger partial charge is 0.246 e. The molecule has 0 radical (unpaired) electrons. The molecule has 1 fully saturated rings. The Kier molecular flexibility index (Phi) is 5.79. The molecule has 31 heavy (non-hydrogen) atoms. The number of anilines is 3. The molecular formula is C20H20F2N6O2S. The van der Waals surface area contributed by atoms with Gasteiger partial charge < -0.3 is 10.2 Å². The van der Waals surface area contributed by atoms with Crippen molar-refractivity contribution < 1.29 is 17.2 Å². The first-order valence-corrected chi connectivity index (χ1v) is 11.0. The molecule has 1 aliphatic rings. The zero-order chi connectivity index (χ0) is 22.0. The lowest BCUT2D eigenvalue weighted by Crippen LogP contribution is -2.49. The van der Waals surface area contributed by atoms with E-state index in [1.807, 2.05) is 24.0 Å². The van der Waals surface area contributed by atoms with Crippen molar-refractivity contribution in [1.82, 2.24) is 19.5 Å². The van der Waals surface area contributed by atoms with E-state index in [0.717, 1.165) is 22.0 Å². The number of aromatic nitrogens is 3. The monoisotopic (exact) mass is 446 g/mol. The highest BCUT2D eigenvalue weighted by Crippen LogP contribution is 2.23. The van der Waals surface area contributed by atoms with Crippen molar-refractivity contribution in [2.24, 2.45) is 0 Å². The molecule has 4 rings (SSSR count). The van der Waals surface area contributed by atoms with Crippen molar-refractivity contribution in [1.29, 1.82) is 0 Å². The van der Waals surface area contributed by atoms with Gasteiger partial charge in [0.2, 0.25) is 10.0 Å². The number of benzene rings is 1. The Morgan fingerprint density at radius 3 is 2.39 bits per heavy atom. The third kappa shape index (κ3) is 4.62. The minimum atomic E-state index is -4.13. The van der Waals surface area contributed by atoms with E-state index in [0.29, 0.717) is 36.6 Å². The van der Waals surface area contributed by atoms with Crippen molar-refractivity contribution in [2.75, 3.05) is 36.4 Å². The van der Waals surface area contributed by atoms with Crippen molar-refractivity contribution in [2.45, 2.75) is 11.8 Å². The first-order chi connectivity index (χ1) is 14.8. The number of nitrogens with one attached hydrogen (secondary N) is 1. The fourth-order valence-corrected chi connectivity index (χ4v) is 4.77. The Morgan fingerprint density at radius 1 is 0.935 bits per heavy atom. The van der Waals surface area contributed by atoms with Gasteiger partial charge in [-0.1, -0.05) is 0 Å². The van der Waals surface area contributed by atoms with Gasteiger partial charge in [-0.05, 0) is 55.0 Å². The quantitative estimate of drug-likeness (QED) is 0.644. The summed E-state index contributed by atoms with van der Waals surface area (Å²) >= 11 is 0. The third-order valence-corrected chi connectivity index (χ3v) is 6.81. The summed E-state index contributed by atoms with van der Waals surface area (Å²) in [4.78, 5) is 5.45. The molecule has 8 nitrogen and oxygen atoms in total. The van der Waals surface area contributed by atoms with Crippen LogP contribution in [0.4, 0.5) is 26.2 Å². The molecule has 0 atom stereocenters. The number of halogens is 2. The van der Waals surface area contributed by atoms with Gasteiger partial charge in [0, 0.05) is 32.4 Å². The minimum absolute atomic E-state index is 0.118. The Bertz CT molecular complexity index is 1180. The van der Waals surface area contributed by atoms with Gasteiger partial charge in [-0.25, -0.2) is 22.2 Å². The van der Waals surface area contributed by atoms with E-state index < -0.39 is 26.6 Å². The van der Waals surface area contributed by atoms with Gasteiger partial charge in [0.05, 0.1) is 0 Å². The van der Waals surface area contributed by atoms with E-state index in [1.54, 1.807) is 18.3 Å². The van der Waals surface area contributed by atoms with E-state index in [1.165, 1.54) is 0 Å². The van der Waals surface area contributed by atoms with Crippen LogP contribution < -0.4 is 10.2 Å². The van der Waals surface area contributed by atoms with Crippen LogP contribution in [-0.4, -0.2) is 54.1 Å². The van der Waals surface area contributed by atoms with Gasteiger partial charge in [-0.2, -0.15) is 4.31 Å². The number of hydrogen-bond acceptors (Lipinski definition) is 7. The molecule has 0 saturated carbocycles. The van der Waals surface area contributed by atoms with Crippen molar-refractivity contribution in [3.8, 4) is 0 Å². The standard InChI is InChI=1S/C20H20F2N6O2S/c1-14-6-7-23-19(12-14)24-18-4-5-20(26-25-18)27-8-10-28(11-9-27)31(29,30)17-13-15(21)2-3-16(17)22/h2-7,12-13H,8-11H2,1H3,(H,23,24,25). The first kappa shape index (κ1) is 21.1. The number of sulfonamides is 1. The summed E-state index contributed by atoms with van der Waals surface area (Å²) < 4.78 is 54.0. The third-order valence-electron chi connectivity index (χ3n) is 4.90. The fourth-order valence-electron chi connectivity index (χ4n) is 3.27. The summed E-state index contributed by atoms with van der Waals surface area (Å²) in [6, 6.07) is 9.73. The van der Waals surface area contributed by atoms with E-state index >= 15 is 0 Å². The predicted octanol–water partition coefficient (Wildman–Crippen LogP) is 2.71. The summed E-state index contributed by atoms with van der Waals surface area (Å²) in [6.45, 7) is 2.89. The molecule has 1 aromatic carbocycles. The zero-order valence-electron chi connectivity index (χ0n) is 16.7. The largest absolute Gasteiger partial charge is 0.352 e. The first-order valence-electron chi connectivity index (χ1n) is 9.56. The lowest BCUT2D eigenvalue weighted by Gasteiger charge is -2.34. The van der Waals surface area contributed by atoms with Crippen LogP contribution >= 0.6 is 0 Å². The summed E-state index contributed by atoms with van der Waals surface area (Å²) in [5.41, 5.74) is 1.06. The molecular weight excluding hydrogens is 426 g/mol. The van der Waals surface area contributed by atoms with Crippen molar-refractivity contribution in [3.05, 3.63) is 65.9 Å². The maximum Gasteiger partial charge on any atom is 0.246 e. The van der Waals surface area contributed by atoms with Gasteiger partial charge in [-0.15, -0.1) is 10.2 Å². The topological polar surface area (TPSA) is 91.3 Å². The molecule has 0 spiro atoms. The molecule has 0 amide bonds. The van der Waals surface area contributed by atoms with Crippen LogP contribution in [0, 0.1) is 18.6 Å². The second kappa shape index (κ2) is 8.52. The Balaban J connectivity index is 1.41. The van der Waals surface area contributed by atoms with E-state index in [9.17, 15) is 17.2 Å². The van der Waals surface area contributed by atoms with Gasteiger partial charge >= 0.3 is 0 Å². The Hall–Kier alpha value is -3.18. The SMILES string of the molecule is Cc1ccnc(Nc2ccc(N3CCN(S(=O)(=O)c4cc(F)ccc4F)CC3)nn2)c1. The maximum absolute atomic E-state index is 14.0. The van der Waals surface area contributed by atoms with Gasteiger partial charge in [0.15, 0.2) is 11.6 Å². The average Bonchev–Trinajstić information content (AvgIpc) is 2.76. The summed E-state index contributed by atoms with van der Waals surface area (Å²) in [5.74, 6) is 0.0103. The predicted molar refractivity (Wildman–Crippen MR) is 112 cm³/mol. The van der Waals surface area contributed by atoms with E-state index in [4.69, 9.17) is 0 Å². The van der Waals surface area contributed by atoms with E-state index in [-0.39, 0.29) is 13.1 Å². The Morgan fingerprint density at radius 2 is 1.71 bits per heavy atom. The van der Waals surface area contributed by atoms with Crippen LogP contribution in [0.15, 0.2) is 53.6 Å². The highest BCUT2D eigenvalue weighted by atomic mass is 32.2. The van der Waals surface area contributed by atoms with Gasteiger partial charge in [-0.3, -0.25) is 0 Å². The fraction of sp³-hybridized carbons (Fsp3) is 0.250. The average molecular weight is 446 g/mol. The number of nitrogens with zero attached hydrogens (tertiary/aromatic N) is 5. The number of hydrogen-bond donors (Lipinski definition) is 1. The molecule has 0 bridgehead atoms. The highest BCUT2D eigenvalue weighted by Gasteiger charge is 2.31. The molecule has 1 saturated heterocycles. The summed E-state index contributed by atoms with van der Waals surface area (Å²) in [6.07, 6.45) is 1.70. The molecule has 3 heterocycles. The Labute approximate surface area is 178 Å². The molecule has 1 aliphatic heterocycles. The van der Waals surface area contributed by atoms with Crippen LogP contribution in [0.3, 0.4) is 0 Å². The van der Waals surface area contributed by atoms with Crippen LogP contribution in [0.1, 0.15) is 5.56 Å². The number of piperazine rings is 1. The number of rotatable bonds is 5. The van der Waals surface area contributed by atoms with Gasteiger partial charge in [0.25, 0.3) is 0 Å². The summed E-state index contributed by atoms with van der Waals surface area (Å²) in [7, 11) is -4.13.